The van der Waals surface area contributed by atoms with Crippen LogP contribution in [0, 0.1) is 20.8 Å². The molecule has 0 atom stereocenters. The van der Waals surface area contributed by atoms with Crippen molar-refractivity contribution in [3.8, 4) is 5.82 Å². The van der Waals surface area contributed by atoms with Crippen LogP contribution in [0.25, 0.3) is 16.6 Å². The zero-order valence-corrected chi connectivity index (χ0v) is 16.7. The predicted octanol–water partition coefficient (Wildman–Crippen LogP) is 4.17. The highest BCUT2D eigenvalue weighted by atomic mass is 16.5. The largest absolute Gasteiger partial charge is 0.360 e. The molecular formula is C23H18N4O3. The van der Waals surface area contributed by atoms with Crippen molar-refractivity contribution in [2.75, 3.05) is 0 Å². The first-order valence-corrected chi connectivity index (χ1v) is 9.53. The third-order valence-electron chi connectivity index (χ3n) is 5.38. The zero-order chi connectivity index (χ0) is 21.0. The van der Waals surface area contributed by atoms with Gasteiger partial charge in [0, 0.05) is 28.4 Å². The number of hydrogen-bond donors (Lipinski definition) is 0. The first-order chi connectivity index (χ1) is 14.5. The Hall–Kier alpha value is -4.00. The maximum atomic E-state index is 13.0. The van der Waals surface area contributed by atoms with Crippen molar-refractivity contribution < 1.29 is 14.1 Å². The minimum atomic E-state index is -0.429. The van der Waals surface area contributed by atoms with E-state index < -0.39 is 11.8 Å². The second-order valence-corrected chi connectivity index (χ2v) is 7.33. The van der Waals surface area contributed by atoms with Crippen LogP contribution in [-0.4, -0.2) is 32.8 Å². The maximum Gasteiger partial charge on any atom is 0.282 e. The molecule has 7 heteroatoms. The first kappa shape index (κ1) is 18.1. The fraction of sp³-hybridized carbons (Fsp3) is 0.130. The summed E-state index contributed by atoms with van der Waals surface area (Å²) in [6.45, 7) is 5.70. The summed E-state index contributed by atoms with van der Waals surface area (Å²) in [6, 6.07) is 14.6. The number of carbonyl (C=O) groups is 2. The van der Waals surface area contributed by atoms with Gasteiger partial charge in [-0.25, -0.2) is 0 Å². The molecule has 0 radical (unpaired) electrons. The van der Waals surface area contributed by atoms with Crippen molar-refractivity contribution in [2.45, 2.75) is 20.8 Å². The van der Waals surface area contributed by atoms with E-state index in [9.17, 15) is 9.59 Å². The molecule has 0 saturated heterocycles. The highest BCUT2D eigenvalue weighted by Gasteiger charge is 2.32. The van der Waals surface area contributed by atoms with Crippen LogP contribution in [0.15, 0.2) is 58.2 Å². The van der Waals surface area contributed by atoms with Gasteiger partial charge in [0.25, 0.3) is 11.8 Å². The Bertz CT molecular complexity index is 1330. The molecule has 0 spiro atoms. The number of aromatic nitrogens is 2. The van der Waals surface area contributed by atoms with Gasteiger partial charge < -0.3 is 4.52 Å². The fourth-order valence-electron chi connectivity index (χ4n) is 3.97. The van der Waals surface area contributed by atoms with E-state index in [0.29, 0.717) is 28.1 Å². The molecule has 2 amide bonds. The molecule has 0 bridgehead atoms. The average Bonchev–Trinajstić information content (AvgIpc) is 3.28. The fourth-order valence-corrected chi connectivity index (χ4v) is 3.97. The normalized spacial score (nSPS) is 13.8. The van der Waals surface area contributed by atoms with E-state index in [0.717, 1.165) is 27.3 Å². The molecule has 0 unspecified atom stereocenters. The van der Waals surface area contributed by atoms with Crippen molar-refractivity contribution in [1.29, 1.82) is 0 Å². The van der Waals surface area contributed by atoms with Crippen molar-refractivity contribution in [1.82, 2.24) is 14.7 Å². The SMILES string of the molecule is Cc1cc(-n2c(C)cc(/C=N\N3C(=O)c4cccc5cccc(c45)C3=O)c2C)no1. The molecule has 30 heavy (non-hydrogen) atoms. The summed E-state index contributed by atoms with van der Waals surface area (Å²) < 4.78 is 7.12. The van der Waals surface area contributed by atoms with E-state index in [1.165, 1.54) is 6.21 Å². The lowest BCUT2D eigenvalue weighted by molar-refractivity contribution is 0.0616. The zero-order valence-electron chi connectivity index (χ0n) is 16.7. The summed E-state index contributed by atoms with van der Waals surface area (Å²) in [7, 11) is 0. The summed E-state index contributed by atoms with van der Waals surface area (Å²) in [5.41, 5.74) is 3.55. The summed E-state index contributed by atoms with van der Waals surface area (Å²) in [5.74, 6) is 0.529. The van der Waals surface area contributed by atoms with E-state index in [1.807, 2.05) is 61.7 Å². The van der Waals surface area contributed by atoms with Crippen molar-refractivity contribution in [2.24, 2.45) is 5.10 Å². The molecule has 148 valence electrons. The summed E-state index contributed by atoms with van der Waals surface area (Å²) in [6.07, 6.45) is 1.54. The number of rotatable bonds is 3. The molecule has 0 aliphatic carbocycles. The molecule has 4 aromatic rings. The molecule has 7 nitrogen and oxygen atoms in total. The summed E-state index contributed by atoms with van der Waals surface area (Å²) >= 11 is 0. The average molecular weight is 398 g/mol. The van der Waals surface area contributed by atoms with E-state index >= 15 is 0 Å². The van der Waals surface area contributed by atoms with E-state index in [-0.39, 0.29) is 0 Å². The molecule has 3 heterocycles. The van der Waals surface area contributed by atoms with Gasteiger partial charge in [-0.15, -0.1) is 0 Å². The third-order valence-corrected chi connectivity index (χ3v) is 5.38. The molecule has 5 rings (SSSR count). The van der Waals surface area contributed by atoms with Crippen LogP contribution >= 0.6 is 0 Å². The quantitative estimate of drug-likeness (QED) is 0.383. The molecule has 1 aliphatic heterocycles. The lowest BCUT2D eigenvalue weighted by atomic mass is 9.95. The Morgan fingerprint density at radius 1 is 0.967 bits per heavy atom. The highest BCUT2D eigenvalue weighted by molar-refractivity contribution is 6.25. The van der Waals surface area contributed by atoms with Crippen molar-refractivity contribution in [3.05, 3.63) is 82.4 Å². The standard InChI is InChI=1S/C23H18N4O3/c1-13-10-17(15(3)26(13)20-11-14(2)30-25-20)12-24-27-22(28)18-8-4-6-16-7-5-9-19(21(16)18)23(27)29/h4-12H,1-3H3/b24-12-. The number of imide groups is 1. The van der Waals surface area contributed by atoms with E-state index in [4.69, 9.17) is 4.52 Å². The van der Waals surface area contributed by atoms with Gasteiger partial charge in [-0.3, -0.25) is 14.2 Å². The molecule has 1 aliphatic rings. The van der Waals surface area contributed by atoms with Gasteiger partial charge in [-0.1, -0.05) is 29.4 Å². The minimum absolute atomic E-state index is 0.429. The predicted molar refractivity (Wildman–Crippen MR) is 112 cm³/mol. The number of amides is 2. The summed E-state index contributed by atoms with van der Waals surface area (Å²) in [5, 5.41) is 10.8. The van der Waals surface area contributed by atoms with Crippen LogP contribution < -0.4 is 0 Å². The Morgan fingerprint density at radius 2 is 1.63 bits per heavy atom. The van der Waals surface area contributed by atoms with Gasteiger partial charge in [0.15, 0.2) is 5.82 Å². The maximum absolute atomic E-state index is 13.0. The second-order valence-electron chi connectivity index (χ2n) is 7.33. The van der Waals surface area contributed by atoms with Crippen LogP contribution in [0.2, 0.25) is 0 Å². The summed E-state index contributed by atoms with van der Waals surface area (Å²) in [4.78, 5) is 26.0. The lowest BCUT2D eigenvalue weighted by Crippen LogP contribution is -2.36. The highest BCUT2D eigenvalue weighted by Crippen LogP contribution is 2.30. The number of aryl methyl sites for hydroxylation is 2. The van der Waals surface area contributed by atoms with Gasteiger partial charge in [-0.2, -0.15) is 10.1 Å². The molecule has 0 fully saturated rings. The molecule has 0 N–H and O–H groups in total. The third kappa shape index (κ3) is 2.59. The van der Waals surface area contributed by atoms with Crippen LogP contribution in [0.4, 0.5) is 0 Å². The Balaban J connectivity index is 1.54. The van der Waals surface area contributed by atoms with Crippen LogP contribution in [0.1, 0.15) is 43.4 Å². The van der Waals surface area contributed by atoms with Crippen LogP contribution in [0.5, 0.6) is 0 Å². The number of hydrazone groups is 1. The van der Waals surface area contributed by atoms with Crippen molar-refractivity contribution >= 4 is 28.8 Å². The minimum Gasteiger partial charge on any atom is -0.360 e. The Morgan fingerprint density at radius 3 is 2.23 bits per heavy atom. The van der Waals surface area contributed by atoms with Gasteiger partial charge >= 0.3 is 0 Å². The molecular weight excluding hydrogens is 380 g/mol. The van der Waals surface area contributed by atoms with Crippen LogP contribution in [-0.2, 0) is 0 Å². The monoisotopic (exact) mass is 398 g/mol. The molecule has 2 aromatic heterocycles. The smallest absolute Gasteiger partial charge is 0.282 e. The number of benzene rings is 2. The van der Waals surface area contributed by atoms with Gasteiger partial charge in [0.2, 0.25) is 0 Å². The van der Waals surface area contributed by atoms with Gasteiger partial charge in [-0.05, 0) is 44.4 Å². The van der Waals surface area contributed by atoms with Crippen molar-refractivity contribution in [3.63, 3.8) is 0 Å². The van der Waals surface area contributed by atoms with Gasteiger partial charge in [0.1, 0.15) is 5.76 Å². The lowest BCUT2D eigenvalue weighted by Gasteiger charge is -2.22. The number of nitrogens with zero attached hydrogens (tertiary/aromatic N) is 4. The van der Waals surface area contributed by atoms with E-state index in [2.05, 4.69) is 10.3 Å². The second kappa shape index (κ2) is 6.52. The van der Waals surface area contributed by atoms with E-state index in [1.54, 1.807) is 12.1 Å². The topological polar surface area (TPSA) is 80.7 Å². The number of hydrogen-bond acceptors (Lipinski definition) is 5. The van der Waals surface area contributed by atoms with Gasteiger partial charge in [0.05, 0.1) is 17.3 Å². The molecule has 0 saturated carbocycles. The van der Waals surface area contributed by atoms with Crippen LogP contribution in [0.3, 0.4) is 0 Å². The Labute approximate surface area is 172 Å². The molecule has 2 aromatic carbocycles. The Kier molecular flexibility index (Phi) is 3.92. The number of carbonyl (C=O) groups excluding carboxylic acids is 2. The first-order valence-electron chi connectivity index (χ1n) is 9.53.